The second kappa shape index (κ2) is 9.61. The van der Waals surface area contributed by atoms with Crippen molar-refractivity contribution in [3.05, 3.63) is 107 Å². The van der Waals surface area contributed by atoms with Crippen molar-refractivity contribution < 1.29 is 9.59 Å². The summed E-state index contributed by atoms with van der Waals surface area (Å²) in [6.07, 6.45) is 0.947. The molecular formula is C27H28N2O2. The molecule has 0 radical (unpaired) electrons. The van der Waals surface area contributed by atoms with Crippen molar-refractivity contribution in [2.45, 2.75) is 38.9 Å². The lowest BCUT2D eigenvalue weighted by atomic mass is 9.83. The topological polar surface area (TPSA) is 49.4 Å². The fourth-order valence-electron chi connectivity index (χ4n) is 4.28. The Kier molecular flexibility index (Phi) is 6.46. The van der Waals surface area contributed by atoms with Crippen LogP contribution in [0.5, 0.6) is 0 Å². The first-order valence-electron chi connectivity index (χ1n) is 10.8. The van der Waals surface area contributed by atoms with Crippen LogP contribution in [0, 0.1) is 12.8 Å². The molecule has 1 fully saturated rings. The lowest BCUT2D eigenvalue weighted by Crippen LogP contribution is -2.47. The van der Waals surface area contributed by atoms with Gasteiger partial charge in [0, 0.05) is 19.5 Å². The number of hydrogen-bond donors (Lipinski definition) is 1. The van der Waals surface area contributed by atoms with Crippen LogP contribution in [0.4, 0.5) is 0 Å². The Hall–Kier alpha value is -3.40. The van der Waals surface area contributed by atoms with Gasteiger partial charge in [-0.3, -0.25) is 9.59 Å². The van der Waals surface area contributed by atoms with Gasteiger partial charge in [0.05, 0.1) is 12.0 Å². The predicted octanol–water partition coefficient (Wildman–Crippen LogP) is 4.79. The van der Waals surface area contributed by atoms with Gasteiger partial charge in [0.1, 0.15) is 0 Å². The van der Waals surface area contributed by atoms with Gasteiger partial charge in [0.25, 0.3) is 0 Å². The number of nitrogens with zero attached hydrogens (tertiary/aromatic N) is 1. The Morgan fingerprint density at radius 2 is 1.55 bits per heavy atom. The van der Waals surface area contributed by atoms with Crippen LogP contribution in [-0.2, 0) is 22.7 Å². The normalized spacial score (nSPS) is 18.6. The first-order chi connectivity index (χ1) is 15.1. The van der Waals surface area contributed by atoms with Crippen LogP contribution in [0.25, 0.3) is 0 Å². The zero-order valence-corrected chi connectivity index (χ0v) is 17.8. The van der Waals surface area contributed by atoms with Crippen LogP contribution < -0.4 is 5.32 Å². The van der Waals surface area contributed by atoms with E-state index in [0.29, 0.717) is 25.9 Å². The van der Waals surface area contributed by atoms with Crippen molar-refractivity contribution in [2.75, 3.05) is 0 Å². The summed E-state index contributed by atoms with van der Waals surface area (Å²) < 4.78 is 0. The van der Waals surface area contributed by atoms with Gasteiger partial charge in [0.2, 0.25) is 11.8 Å². The van der Waals surface area contributed by atoms with Crippen LogP contribution >= 0.6 is 0 Å². The van der Waals surface area contributed by atoms with Crippen LogP contribution in [0.1, 0.15) is 41.1 Å². The number of amides is 2. The number of hydrogen-bond acceptors (Lipinski definition) is 2. The molecule has 1 saturated heterocycles. The van der Waals surface area contributed by atoms with Gasteiger partial charge in [-0.15, -0.1) is 0 Å². The lowest BCUT2D eigenvalue weighted by molar-refractivity contribution is -0.144. The van der Waals surface area contributed by atoms with E-state index in [-0.39, 0.29) is 23.8 Å². The predicted molar refractivity (Wildman–Crippen MR) is 122 cm³/mol. The number of piperidine rings is 1. The van der Waals surface area contributed by atoms with E-state index < -0.39 is 0 Å². The van der Waals surface area contributed by atoms with E-state index in [9.17, 15) is 9.59 Å². The zero-order valence-electron chi connectivity index (χ0n) is 17.8. The first kappa shape index (κ1) is 20.9. The van der Waals surface area contributed by atoms with Crippen LogP contribution in [0.2, 0.25) is 0 Å². The van der Waals surface area contributed by atoms with Crippen molar-refractivity contribution in [2.24, 2.45) is 5.92 Å². The summed E-state index contributed by atoms with van der Waals surface area (Å²) >= 11 is 0. The minimum Gasteiger partial charge on any atom is -0.352 e. The van der Waals surface area contributed by atoms with Gasteiger partial charge in [-0.1, -0.05) is 90.5 Å². The van der Waals surface area contributed by atoms with Crippen molar-refractivity contribution in [3.63, 3.8) is 0 Å². The molecule has 1 heterocycles. The first-order valence-corrected chi connectivity index (χ1v) is 10.8. The zero-order chi connectivity index (χ0) is 21.6. The fourth-order valence-corrected chi connectivity index (χ4v) is 4.28. The summed E-state index contributed by atoms with van der Waals surface area (Å²) in [6, 6.07) is 27.8. The molecule has 3 aromatic rings. The molecule has 1 N–H and O–H groups in total. The Bertz CT molecular complexity index is 1020. The number of rotatable bonds is 6. The van der Waals surface area contributed by atoms with E-state index in [1.807, 2.05) is 84.6 Å². The molecule has 0 aliphatic carbocycles. The molecule has 0 aromatic heterocycles. The molecular weight excluding hydrogens is 384 g/mol. The number of likely N-dealkylation sites (tertiary alicyclic amines) is 1. The van der Waals surface area contributed by atoms with E-state index >= 15 is 0 Å². The standard InChI is InChI=1S/C27H28N2O2/c1-20-12-14-21(15-13-20)18-28-27(31)24-16-17-25(30)29(19-22-8-4-2-5-9-22)26(24)23-10-6-3-7-11-23/h2-15,24,26H,16-19H2,1H3,(H,28,31)/t24-,26-/m0/s1. The third-order valence-electron chi connectivity index (χ3n) is 5.97. The maximum Gasteiger partial charge on any atom is 0.225 e. The van der Waals surface area contributed by atoms with Crippen molar-refractivity contribution in [1.82, 2.24) is 10.2 Å². The van der Waals surface area contributed by atoms with Gasteiger partial charge in [-0.25, -0.2) is 0 Å². The molecule has 4 nitrogen and oxygen atoms in total. The molecule has 2 atom stereocenters. The van der Waals surface area contributed by atoms with E-state index in [1.54, 1.807) is 0 Å². The molecule has 158 valence electrons. The number of aryl methyl sites for hydroxylation is 1. The van der Waals surface area contributed by atoms with Crippen molar-refractivity contribution in [1.29, 1.82) is 0 Å². The third kappa shape index (κ3) is 5.02. The Labute approximate surface area is 183 Å². The monoisotopic (exact) mass is 412 g/mol. The molecule has 0 unspecified atom stereocenters. The lowest BCUT2D eigenvalue weighted by Gasteiger charge is -2.41. The van der Waals surface area contributed by atoms with Crippen LogP contribution in [0.15, 0.2) is 84.9 Å². The highest BCUT2D eigenvalue weighted by molar-refractivity contribution is 5.85. The number of carbonyl (C=O) groups is 2. The molecule has 1 aliphatic rings. The number of benzene rings is 3. The highest BCUT2D eigenvalue weighted by atomic mass is 16.2. The van der Waals surface area contributed by atoms with Crippen LogP contribution in [-0.4, -0.2) is 16.7 Å². The van der Waals surface area contributed by atoms with Crippen LogP contribution in [0.3, 0.4) is 0 Å². The second-order valence-corrected chi connectivity index (χ2v) is 8.21. The smallest absolute Gasteiger partial charge is 0.225 e. The average Bonchev–Trinajstić information content (AvgIpc) is 2.81. The minimum absolute atomic E-state index is 0.00000950. The quantitative estimate of drug-likeness (QED) is 0.633. The summed E-state index contributed by atoms with van der Waals surface area (Å²) in [5.74, 6) is -0.186. The summed E-state index contributed by atoms with van der Waals surface area (Å²) in [5, 5.41) is 3.11. The molecule has 31 heavy (non-hydrogen) atoms. The minimum atomic E-state index is -0.283. The number of carbonyl (C=O) groups excluding carboxylic acids is 2. The van der Waals surface area contributed by atoms with Crippen molar-refractivity contribution >= 4 is 11.8 Å². The maximum atomic E-state index is 13.3. The molecule has 0 saturated carbocycles. The summed E-state index contributed by atoms with van der Waals surface area (Å²) in [6.45, 7) is 3.04. The fraction of sp³-hybridized carbons (Fsp3) is 0.259. The Morgan fingerprint density at radius 3 is 2.23 bits per heavy atom. The molecule has 2 amide bonds. The van der Waals surface area contributed by atoms with Gasteiger partial charge >= 0.3 is 0 Å². The third-order valence-corrected chi connectivity index (χ3v) is 5.97. The van der Waals surface area contributed by atoms with Gasteiger partial charge in [-0.2, -0.15) is 0 Å². The van der Waals surface area contributed by atoms with Gasteiger partial charge in [-0.05, 0) is 30.0 Å². The van der Waals surface area contributed by atoms with E-state index in [0.717, 1.165) is 16.7 Å². The Morgan fingerprint density at radius 1 is 0.903 bits per heavy atom. The summed E-state index contributed by atoms with van der Waals surface area (Å²) in [5.41, 5.74) is 4.34. The molecule has 3 aromatic carbocycles. The summed E-state index contributed by atoms with van der Waals surface area (Å²) in [4.78, 5) is 28.1. The molecule has 1 aliphatic heterocycles. The molecule has 0 bridgehead atoms. The van der Waals surface area contributed by atoms with E-state index in [2.05, 4.69) is 17.4 Å². The molecule has 4 heteroatoms. The second-order valence-electron chi connectivity index (χ2n) is 8.21. The maximum absolute atomic E-state index is 13.3. The van der Waals surface area contributed by atoms with E-state index in [1.165, 1.54) is 5.56 Å². The van der Waals surface area contributed by atoms with Gasteiger partial charge in [0.15, 0.2) is 0 Å². The largest absolute Gasteiger partial charge is 0.352 e. The highest BCUT2D eigenvalue weighted by Gasteiger charge is 2.40. The van der Waals surface area contributed by atoms with Gasteiger partial charge < -0.3 is 10.2 Å². The van der Waals surface area contributed by atoms with E-state index in [4.69, 9.17) is 0 Å². The SMILES string of the molecule is Cc1ccc(CNC(=O)[C@H]2CCC(=O)N(Cc3ccccc3)[C@H]2c2ccccc2)cc1. The number of nitrogens with one attached hydrogen (secondary N) is 1. The molecule has 0 spiro atoms. The van der Waals surface area contributed by atoms with Crippen molar-refractivity contribution in [3.8, 4) is 0 Å². The average molecular weight is 413 g/mol. The Balaban J connectivity index is 1.58. The highest BCUT2D eigenvalue weighted by Crippen LogP contribution is 2.38. The molecule has 4 rings (SSSR count). The summed E-state index contributed by atoms with van der Waals surface area (Å²) in [7, 11) is 0.